The van der Waals surface area contributed by atoms with Gasteiger partial charge in [0, 0.05) is 31.7 Å². The Hall–Kier alpha value is -1.43. The van der Waals surface area contributed by atoms with Gasteiger partial charge in [0.1, 0.15) is 0 Å². The molecule has 0 unspecified atom stereocenters. The van der Waals surface area contributed by atoms with Crippen molar-refractivity contribution in [1.82, 2.24) is 14.7 Å². The molecule has 0 saturated carbocycles. The maximum absolute atomic E-state index is 13.0. The molecule has 3 saturated heterocycles. The summed E-state index contributed by atoms with van der Waals surface area (Å²) >= 11 is 0. The molecule has 1 amide bonds. The Bertz CT molecular complexity index is 638. The maximum Gasteiger partial charge on any atom is 0.236 e. The lowest BCUT2D eigenvalue weighted by molar-refractivity contribution is -0.140. The molecule has 3 aliphatic rings. The number of nitrogens with zero attached hydrogens (tertiary/aromatic N) is 3. The molecule has 1 aromatic carbocycles. The van der Waals surface area contributed by atoms with E-state index in [4.69, 9.17) is 4.74 Å². The quantitative estimate of drug-likeness (QED) is 0.754. The van der Waals surface area contributed by atoms with Crippen molar-refractivity contribution in [3.63, 3.8) is 0 Å². The van der Waals surface area contributed by atoms with Crippen molar-refractivity contribution in [2.45, 2.75) is 63.8 Å². The Kier molecular flexibility index (Phi) is 6.65. The van der Waals surface area contributed by atoms with Gasteiger partial charge in [-0.3, -0.25) is 14.6 Å². The van der Waals surface area contributed by atoms with E-state index in [2.05, 4.69) is 47.1 Å². The average molecular weight is 386 g/mol. The van der Waals surface area contributed by atoms with Crippen LogP contribution in [0.3, 0.4) is 0 Å². The van der Waals surface area contributed by atoms with E-state index in [1.165, 1.54) is 37.8 Å². The van der Waals surface area contributed by atoms with Crippen LogP contribution in [-0.2, 0) is 16.1 Å². The van der Waals surface area contributed by atoms with Crippen LogP contribution in [0.1, 0.15) is 44.6 Å². The summed E-state index contributed by atoms with van der Waals surface area (Å²) in [6.45, 7) is 8.18. The molecule has 154 valence electrons. The molecule has 28 heavy (non-hydrogen) atoms. The topological polar surface area (TPSA) is 36.0 Å². The lowest BCUT2D eigenvalue weighted by Gasteiger charge is -2.37. The molecule has 5 nitrogen and oxygen atoms in total. The number of likely N-dealkylation sites (tertiary alicyclic amines) is 2. The summed E-state index contributed by atoms with van der Waals surface area (Å²) in [6.07, 6.45) is 6.17. The molecule has 3 heterocycles. The van der Waals surface area contributed by atoms with E-state index < -0.39 is 0 Å². The van der Waals surface area contributed by atoms with Crippen molar-refractivity contribution >= 4 is 5.91 Å². The Balaban J connectivity index is 1.36. The van der Waals surface area contributed by atoms with E-state index in [1.54, 1.807) is 0 Å². The van der Waals surface area contributed by atoms with E-state index in [-0.39, 0.29) is 6.10 Å². The number of rotatable bonds is 6. The molecule has 0 spiro atoms. The number of carbonyl (C=O) groups is 1. The highest BCUT2D eigenvalue weighted by Crippen LogP contribution is 2.31. The van der Waals surface area contributed by atoms with Crippen LogP contribution in [0.5, 0.6) is 0 Å². The van der Waals surface area contributed by atoms with Gasteiger partial charge in [-0.2, -0.15) is 0 Å². The summed E-state index contributed by atoms with van der Waals surface area (Å²) in [7, 11) is 0. The molecule has 3 atom stereocenters. The van der Waals surface area contributed by atoms with Gasteiger partial charge in [0.2, 0.25) is 5.91 Å². The Morgan fingerprint density at radius 1 is 1.04 bits per heavy atom. The fraction of sp³-hybridized carbons (Fsp3) is 0.696. The first-order chi connectivity index (χ1) is 13.7. The maximum atomic E-state index is 13.0. The number of hydrogen-bond donors (Lipinski definition) is 0. The van der Waals surface area contributed by atoms with Crippen LogP contribution >= 0.6 is 0 Å². The van der Waals surface area contributed by atoms with Crippen molar-refractivity contribution in [3.05, 3.63) is 35.9 Å². The highest BCUT2D eigenvalue weighted by Gasteiger charge is 2.38. The second-order valence-electron chi connectivity index (χ2n) is 8.59. The van der Waals surface area contributed by atoms with Gasteiger partial charge in [0.15, 0.2) is 0 Å². The molecule has 0 aromatic heterocycles. The van der Waals surface area contributed by atoms with Crippen LogP contribution in [-0.4, -0.2) is 78.1 Å². The van der Waals surface area contributed by atoms with Crippen LogP contribution in [0.15, 0.2) is 30.3 Å². The fourth-order valence-electron chi connectivity index (χ4n) is 5.25. The smallest absolute Gasteiger partial charge is 0.236 e. The van der Waals surface area contributed by atoms with Crippen LogP contribution in [0.25, 0.3) is 0 Å². The van der Waals surface area contributed by atoms with E-state index in [1.807, 2.05) is 4.90 Å². The first kappa shape index (κ1) is 19.9. The second kappa shape index (κ2) is 9.38. The van der Waals surface area contributed by atoms with Crippen molar-refractivity contribution in [3.8, 4) is 0 Å². The molecule has 3 aliphatic heterocycles. The third-order valence-corrected chi connectivity index (χ3v) is 6.79. The van der Waals surface area contributed by atoms with Crippen LogP contribution in [0.2, 0.25) is 0 Å². The first-order valence-corrected chi connectivity index (χ1v) is 11.2. The standard InChI is InChI=1S/C23H35N3O2/c1-2-20-17-26(14-15-28-20)23(27)18-25-13-7-11-22(25)21-10-6-12-24(21)16-19-8-4-3-5-9-19/h3-5,8-9,20-22H,2,6-7,10-18H2,1H3/t20-,21-,22-/m1/s1. The van der Waals surface area contributed by atoms with Crippen LogP contribution in [0, 0.1) is 0 Å². The normalized spacial score (nSPS) is 29.5. The van der Waals surface area contributed by atoms with Crippen LogP contribution < -0.4 is 0 Å². The summed E-state index contributed by atoms with van der Waals surface area (Å²) in [5.74, 6) is 0.293. The summed E-state index contributed by atoms with van der Waals surface area (Å²) in [6, 6.07) is 11.9. The SMILES string of the molecule is CC[C@@H]1CN(C(=O)CN2CCC[C@@H]2[C@H]2CCCN2Cc2ccccc2)CCO1. The molecular formula is C23H35N3O2. The first-order valence-electron chi connectivity index (χ1n) is 11.2. The lowest BCUT2D eigenvalue weighted by Crippen LogP contribution is -2.52. The van der Waals surface area contributed by atoms with Gasteiger partial charge in [-0.15, -0.1) is 0 Å². The monoisotopic (exact) mass is 385 g/mol. The zero-order valence-electron chi connectivity index (χ0n) is 17.3. The van der Waals surface area contributed by atoms with Crippen molar-refractivity contribution in [2.24, 2.45) is 0 Å². The predicted octanol–water partition coefficient (Wildman–Crippen LogP) is 2.75. The zero-order valence-corrected chi connectivity index (χ0v) is 17.3. The average Bonchev–Trinajstić information content (AvgIpc) is 3.37. The summed E-state index contributed by atoms with van der Waals surface area (Å²) in [4.78, 5) is 20.1. The molecule has 0 radical (unpaired) electrons. The third kappa shape index (κ3) is 4.58. The van der Waals surface area contributed by atoms with Gasteiger partial charge in [-0.1, -0.05) is 37.3 Å². The van der Waals surface area contributed by atoms with Gasteiger partial charge in [0.25, 0.3) is 0 Å². The molecule has 4 rings (SSSR count). The van der Waals surface area contributed by atoms with Gasteiger partial charge in [0.05, 0.1) is 19.3 Å². The third-order valence-electron chi connectivity index (χ3n) is 6.79. The van der Waals surface area contributed by atoms with E-state index >= 15 is 0 Å². The zero-order chi connectivity index (χ0) is 19.3. The molecular weight excluding hydrogens is 350 g/mol. The van der Waals surface area contributed by atoms with Crippen molar-refractivity contribution < 1.29 is 9.53 Å². The molecule has 5 heteroatoms. The predicted molar refractivity (Wildman–Crippen MR) is 111 cm³/mol. The molecule has 0 N–H and O–H groups in total. The fourth-order valence-corrected chi connectivity index (χ4v) is 5.25. The number of ether oxygens (including phenoxy) is 1. The minimum atomic E-state index is 0.211. The molecule has 3 fully saturated rings. The Morgan fingerprint density at radius 2 is 1.75 bits per heavy atom. The molecule has 0 aliphatic carbocycles. The van der Waals surface area contributed by atoms with Gasteiger partial charge in [-0.05, 0) is 50.8 Å². The minimum Gasteiger partial charge on any atom is -0.375 e. The van der Waals surface area contributed by atoms with Gasteiger partial charge >= 0.3 is 0 Å². The lowest BCUT2D eigenvalue weighted by atomic mass is 10.0. The van der Waals surface area contributed by atoms with E-state index in [0.29, 0.717) is 31.1 Å². The number of hydrogen-bond acceptors (Lipinski definition) is 4. The highest BCUT2D eigenvalue weighted by atomic mass is 16.5. The molecule has 1 aromatic rings. The largest absolute Gasteiger partial charge is 0.375 e. The number of carbonyl (C=O) groups excluding carboxylic acids is 1. The van der Waals surface area contributed by atoms with Gasteiger partial charge < -0.3 is 9.64 Å². The number of morpholine rings is 1. The summed E-state index contributed by atoms with van der Waals surface area (Å²) in [5, 5.41) is 0. The van der Waals surface area contributed by atoms with E-state index in [9.17, 15) is 4.79 Å². The Labute approximate surface area is 169 Å². The minimum absolute atomic E-state index is 0.211. The van der Waals surface area contributed by atoms with Gasteiger partial charge in [-0.25, -0.2) is 0 Å². The summed E-state index contributed by atoms with van der Waals surface area (Å²) in [5.41, 5.74) is 1.40. The highest BCUT2D eigenvalue weighted by molar-refractivity contribution is 5.78. The van der Waals surface area contributed by atoms with Crippen molar-refractivity contribution in [1.29, 1.82) is 0 Å². The van der Waals surface area contributed by atoms with E-state index in [0.717, 1.165) is 32.6 Å². The summed E-state index contributed by atoms with van der Waals surface area (Å²) < 4.78 is 5.74. The molecule has 0 bridgehead atoms. The van der Waals surface area contributed by atoms with Crippen LogP contribution in [0.4, 0.5) is 0 Å². The van der Waals surface area contributed by atoms with Crippen molar-refractivity contribution in [2.75, 3.05) is 39.3 Å². The Morgan fingerprint density at radius 3 is 2.50 bits per heavy atom. The second-order valence-corrected chi connectivity index (χ2v) is 8.59. The number of benzene rings is 1. The number of amides is 1.